The highest BCUT2D eigenvalue weighted by molar-refractivity contribution is 6.30. The first-order valence-corrected chi connectivity index (χ1v) is 8.49. The van der Waals surface area contributed by atoms with Gasteiger partial charge in [-0.3, -0.25) is 9.59 Å². The number of hydrogen-bond acceptors (Lipinski definition) is 2. The van der Waals surface area contributed by atoms with E-state index >= 15 is 0 Å². The fourth-order valence-electron chi connectivity index (χ4n) is 2.65. The molecule has 1 aliphatic rings. The summed E-state index contributed by atoms with van der Waals surface area (Å²) in [5, 5.41) is 6.25. The largest absolute Gasteiger partial charge is 0.356 e. The number of carbonyl (C=O) groups excluding carboxylic acids is 2. The molecule has 25 heavy (non-hydrogen) atoms. The van der Waals surface area contributed by atoms with Crippen molar-refractivity contribution in [3.63, 3.8) is 0 Å². The van der Waals surface area contributed by atoms with Crippen LogP contribution in [0.15, 0.2) is 48.5 Å². The lowest BCUT2D eigenvalue weighted by Crippen LogP contribution is -2.29. The van der Waals surface area contributed by atoms with E-state index in [1.54, 1.807) is 0 Å². The lowest BCUT2D eigenvalue weighted by Gasteiger charge is -2.06. The van der Waals surface area contributed by atoms with Gasteiger partial charge in [0.25, 0.3) is 0 Å². The van der Waals surface area contributed by atoms with Crippen LogP contribution in [-0.4, -0.2) is 18.4 Å². The van der Waals surface area contributed by atoms with Gasteiger partial charge in [0.1, 0.15) is 5.82 Å². The first-order chi connectivity index (χ1) is 12.0. The molecule has 130 valence electrons. The van der Waals surface area contributed by atoms with Gasteiger partial charge in [-0.05, 0) is 54.8 Å². The number of hydrogen-bond donors (Lipinski definition) is 2. The first-order valence-electron chi connectivity index (χ1n) is 8.11. The van der Waals surface area contributed by atoms with E-state index in [1.165, 1.54) is 24.3 Å². The van der Waals surface area contributed by atoms with Crippen molar-refractivity contribution in [1.29, 1.82) is 0 Å². The topological polar surface area (TPSA) is 58.2 Å². The molecular formula is C19H18ClFN2O2. The van der Waals surface area contributed by atoms with Gasteiger partial charge >= 0.3 is 0 Å². The minimum absolute atomic E-state index is 0.104. The van der Waals surface area contributed by atoms with Crippen LogP contribution >= 0.6 is 11.6 Å². The van der Waals surface area contributed by atoms with E-state index in [2.05, 4.69) is 10.6 Å². The highest BCUT2D eigenvalue weighted by Crippen LogP contribution is 2.39. The predicted octanol–water partition coefficient (Wildman–Crippen LogP) is 3.41. The molecule has 0 spiro atoms. The van der Waals surface area contributed by atoms with Crippen LogP contribution in [-0.2, 0) is 16.0 Å². The minimum atomic E-state index is -0.359. The Morgan fingerprint density at radius 3 is 2.32 bits per heavy atom. The molecule has 0 radical (unpaired) electrons. The number of benzene rings is 2. The highest BCUT2D eigenvalue weighted by atomic mass is 35.5. The summed E-state index contributed by atoms with van der Waals surface area (Å²) in [5.74, 6) is -1.27. The summed E-state index contributed by atoms with van der Waals surface area (Å²) in [6, 6.07) is 13.0. The van der Waals surface area contributed by atoms with Gasteiger partial charge in [0.2, 0.25) is 11.8 Å². The molecule has 0 aliphatic heterocycles. The van der Waals surface area contributed by atoms with Crippen molar-refractivity contribution in [3.05, 3.63) is 64.9 Å². The summed E-state index contributed by atoms with van der Waals surface area (Å²) >= 11 is 5.83. The van der Waals surface area contributed by atoms with Crippen molar-refractivity contribution >= 4 is 29.1 Å². The molecule has 0 heterocycles. The second-order valence-electron chi connectivity index (χ2n) is 6.11. The maximum atomic E-state index is 12.9. The van der Waals surface area contributed by atoms with E-state index < -0.39 is 0 Å². The van der Waals surface area contributed by atoms with Crippen LogP contribution in [0.4, 0.5) is 10.1 Å². The fourth-order valence-corrected chi connectivity index (χ4v) is 2.78. The van der Waals surface area contributed by atoms with Gasteiger partial charge in [-0.2, -0.15) is 0 Å². The molecule has 0 bridgehead atoms. The normalized spacial score (nSPS) is 18.5. The molecule has 4 nitrogen and oxygen atoms in total. The smallest absolute Gasteiger partial charge is 0.228 e. The van der Waals surface area contributed by atoms with Crippen LogP contribution < -0.4 is 10.6 Å². The minimum Gasteiger partial charge on any atom is -0.356 e. The van der Waals surface area contributed by atoms with Crippen molar-refractivity contribution in [1.82, 2.24) is 5.32 Å². The van der Waals surface area contributed by atoms with Gasteiger partial charge in [-0.25, -0.2) is 4.39 Å². The third-order valence-corrected chi connectivity index (χ3v) is 4.45. The van der Waals surface area contributed by atoms with Crippen LogP contribution in [0.5, 0.6) is 0 Å². The van der Waals surface area contributed by atoms with Crippen LogP contribution in [0, 0.1) is 17.7 Å². The molecular weight excluding hydrogens is 343 g/mol. The van der Waals surface area contributed by atoms with Crippen molar-refractivity contribution in [2.24, 2.45) is 11.8 Å². The van der Waals surface area contributed by atoms with Gasteiger partial charge < -0.3 is 10.6 Å². The fraction of sp³-hybridized carbons (Fsp3) is 0.263. The molecule has 2 N–H and O–H groups in total. The maximum Gasteiger partial charge on any atom is 0.228 e. The Morgan fingerprint density at radius 1 is 1.00 bits per heavy atom. The average Bonchev–Trinajstić information content (AvgIpc) is 3.39. The number of amides is 2. The van der Waals surface area contributed by atoms with Gasteiger partial charge in [0, 0.05) is 17.3 Å². The monoisotopic (exact) mass is 360 g/mol. The molecule has 3 rings (SSSR count). The lowest BCUT2D eigenvalue weighted by molar-refractivity contribution is -0.125. The van der Waals surface area contributed by atoms with Crippen molar-refractivity contribution < 1.29 is 14.0 Å². The second-order valence-corrected chi connectivity index (χ2v) is 6.55. The summed E-state index contributed by atoms with van der Waals surface area (Å²) in [6.45, 7) is 0.517. The Labute approximate surface area is 150 Å². The number of rotatable bonds is 6. The molecule has 2 amide bonds. The zero-order chi connectivity index (χ0) is 17.8. The molecule has 2 unspecified atom stereocenters. The summed E-state index contributed by atoms with van der Waals surface area (Å²) in [7, 11) is 0. The summed E-state index contributed by atoms with van der Waals surface area (Å²) in [5.41, 5.74) is 1.62. The van der Waals surface area contributed by atoms with E-state index in [-0.39, 0.29) is 29.5 Å². The quantitative estimate of drug-likeness (QED) is 0.829. The van der Waals surface area contributed by atoms with Crippen LogP contribution in [0.1, 0.15) is 12.0 Å². The zero-order valence-electron chi connectivity index (χ0n) is 13.5. The molecule has 2 aromatic rings. The number of nitrogens with one attached hydrogen (secondary N) is 2. The first kappa shape index (κ1) is 17.4. The molecule has 1 saturated carbocycles. The van der Waals surface area contributed by atoms with Crippen LogP contribution in [0.3, 0.4) is 0 Å². The number of halogens is 2. The van der Waals surface area contributed by atoms with Crippen molar-refractivity contribution in [3.8, 4) is 0 Å². The Hall–Kier alpha value is -2.40. The molecule has 0 saturated heterocycles. The molecule has 1 fully saturated rings. The number of carbonyl (C=O) groups is 2. The van der Waals surface area contributed by atoms with E-state index in [1.807, 2.05) is 24.3 Å². The van der Waals surface area contributed by atoms with Gasteiger partial charge in [0.05, 0.1) is 11.8 Å². The summed E-state index contributed by atoms with van der Waals surface area (Å²) in [4.78, 5) is 24.2. The SMILES string of the molecule is O=C(NCCc1ccc(Cl)cc1)C1CC1C(=O)Nc1ccc(F)cc1. The Balaban J connectivity index is 1.41. The van der Waals surface area contributed by atoms with E-state index in [0.29, 0.717) is 30.1 Å². The average molecular weight is 361 g/mol. The molecule has 6 heteroatoms. The van der Waals surface area contributed by atoms with Gasteiger partial charge in [-0.15, -0.1) is 0 Å². The van der Waals surface area contributed by atoms with Crippen molar-refractivity contribution in [2.75, 3.05) is 11.9 Å². The summed E-state index contributed by atoms with van der Waals surface area (Å²) in [6.07, 6.45) is 1.25. The third kappa shape index (κ3) is 4.79. The highest BCUT2D eigenvalue weighted by Gasteiger charge is 2.47. The predicted molar refractivity (Wildman–Crippen MR) is 94.8 cm³/mol. The van der Waals surface area contributed by atoms with Crippen LogP contribution in [0.2, 0.25) is 5.02 Å². The van der Waals surface area contributed by atoms with E-state index in [0.717, 1.165) is 5.56 Å². The van der Waals surface area contributed by atoms with Crippen LogP contribution in [0.25, 0.3) is 0 Å². The van der Waals surface area contributed by atoms with Gasteiger partial charge in [-0.1, -0.05) is 23.7 Å². The number of anilines is 1. The third-order valence-electron chi connectivity index (χ3n) is 4.20. The Bertz CT molecular complexity index is 762. The zero-order valence-corrected chi connectivity index (χ0v) is 14.2. The molecule has 1 aliphatic carbocycles. The molecule has 2 atom stereocenters. The maximum absolute atomic E-state index is 12.9. The Morgan fingerprint density at radius 2 is 1.64 bits per heavy atom. The van der Waals surface area contributed by atoms with E-state index in [9.17, 15) is 14.0 Å². The standard InChI is InChI=1S/C19H18ClFN2O2/c20-13-3-1-12(2-4-13)9-10-22-18(24)16-11-17(16)19(25)23-15-7-5-14(21)6-8-15/h1-8,16-17H,9-11H2,(H,22,24)(H,23,25). The second kappa shape index (κ2) is 7.66. The lowest BCUT2D eigenvalue weighted by atomic mass is 10.1. The molecule has 0 aromatic heterocycles. The van der Waals surface area contributed by atoms with E-state index in [4.69, 9.17) is 11.6 Å². The Kier molecular flexibility index (Phi) is 5.34. The van der Waals surface area contributed by atoms with Gasteiger partial charge in [0.15, 0.2) is 0 Å². The summed E-state index contributed by atoms with van der Waals surface area (Å²) < 4.78 is 12.9. The van der Waals surface area contributed by atoms with Crippen molar-refractivity contribution in [2.45, 2.75) is 12.8 Å². The molecule has 2 aromatic carbocycles.